The van der Waals surface area contributed by atoms with Crippen molar-refractivity contribution in [2.75, 3.05) is 0 Å². The van der Waals surface area contributed by atoms with Crippen LogP contribution in [0.5, 0.6) is 0 Å². The summed E-state index contributed by atoms with van der Waals surface area (Å²) in [5.41, 5.74) is 5.18. The second-order valence-electron chi connectivity index (χ2n) is 5.75. The van der Waals surface area contributed by atoms with Crippen molar-refractivity contribution < 1.29 is 23.2 Å². The SMILES string of the molecule is C1=CC[C]([Zr][c]2cccc3c2=C2C(=Cc4ccccc42)N=3)=C1.Cl.Cl. The van der Waals surface area contributed by atoms with Crippen LogP contribution in [0.25, 0.3) is 11.6 Å². The smallest absolute Gasteiger partial charge is 0.147 e. The first-order chi connectivity index (χ1) is 10.9. The Morgan fingerprint density at radius 1 is 0.958 bits per heavy atom. The van der Waals surface area contributed by atoms with Gasteiger partial charge in [-0.25, -0.2) is 0 Å². The monoisotopic (exact) mass is 429 g/mol. The second kappa shape index (κ2) is 6.96. The second-order valence-corrected chi connectivity index (χ2v) is 9.27. The fourth-order valence-electron chi connectivity index (χ4n) is 3.40. The quantitative estimate of drug-likeness (QED) is 0.692. The predicted octanol–water partition coefficient (Wildman–Crippen LogP) is 3.27. The largest absolute Gasteiger partial charge is 0.147 e. The maximum atomic E-state index is 4.88. The third-order valence-electron chi connectivity index (χ3n) is 4.38. The normalized spacial score (nSPS) is 15.2. The Morgan fingerprint density at radius 2 is 1.83 bits per heavy atom. The zero-order valence-corrected chi connectivity index (χ0v) is 16.9. The van der Waals surface area contributed by atoms with Gasteiger partial charge in [-0.3, -0.25) is 0 Å². The Hall–Kier alpha value is -1.21. The van der Waals surface area contributed by atoms with Crippen LogP contribution in [0.15, 0.2) is 74.7 Å². The maximum absolute atomic E-state index is 4.88. The van der Waals surface area contributed by atoms with Crippen LogP contribution >= 0.6 is 24.8 Å². The van der Waals surface area contributed by atoms with E-state index < -0.39 is 23.2 Å². The molecular formula is C20H15Cl2NZr. The van der Waals surface area contributed by atoms with Gasteiger partial charge in [-0.2, -0.15) is 0 Å². The Morgan fingerprint density at radius 3 is 2.67 bits per heavy atom. The van der Waals surface area contributed by atoms with E-state index in [1.807, 2.05) is 0 Å². The number of halogens is 2. The van der Waals surface area contributed by atoms with Crippen molar-refractivity contribution >= 4 is 39.7 Å². The topological polar surface area (TPSA) is 12.4 Å². The molecule has 0 atom stereocenters. The van der Waals surface area contributed by atoms with Crippen LogP contribution < -0.4 is 13.8 Å². The molecule has 24 heavy (non-hydrogen) atoms. The summed E-state index contributed by atoms with van der Waals surface area (Å²) in [5, 5.41) is 2.58. The summed E-state index contributed by atoms with van der Waals surface area (Å²) in [7, 11) is 0. The van der Waals surface area contributed by atoms with Crippen molar-refractivity contribution in [3.05, 3.63) is 91.4 Å². The summed E-state index contributed by atoms with van der Waals surface area (Å²) in [6, 6.07) is 15.3. The van der Waals surface area contributed by atoms with Crippen molar-refractivity contribution in [2.24, 2.45) is 4.99 Å². The minimum atomic E-state index is -0.720. The van der Waals surface area contributed by atoms with Gasteiger partial charge in [-0.1, -0.05) is 0 Å². The van der Waals surface area contributed by atoms with Gasteiger partial charge in [0.2, 0.25) is 0 Å². The maximum Gasteiger partial charge on any atom is -0.147 e. The third kappa shape index (κ3) is 2.71. The van der Waals surface area contributed by atoms with E-state index in [4.69, 9.17) is 4.99 Å². The van der Waals surface area contributed by atoms with Gasteiger partial charge in [0.05, 0.1) is 0 Å². The minimum absolute atomic E-state index is 0. The van der Waals surface area contributed by atoms with Gasteiger partial charge in [0.1, 0.15) is 0 Å². The number of allylic oxidation sites excluding steroid dienone is 5. The first kappa shape index (κ1) is 17.6. The molecule has 0 saturated carbocycles. The van der Waals surface area contributed by atoms with Crippen LogP contribution in [0.2, 0.25) is 0 Å². The molecule has 1 aliphatic heterocycles. The zero-order chi connectivity index (χ0) is 14.5. The first-order valence-corrected chi connectivity index (χ1v) is 10.0. The van der Waals surface area contributed by atoms with Gasteiger partial charge in [0.15, 0.2) is 0 Å². The van der Waals surface area contributed by atoms with E-state index in [0.717, 1.165) is 12.1 Å². The molecule has 2 aliphatic carbocycles. The molecule has 0 saturated heterocycles. The average Bonchev–Trinajstić information content (AvgIpc) is 3.21. The Labute approximate surface area is 165 Å². The molecule has 2 aromatic carbocycles. The van der Waals surface area contributed by atoms with Gasteiger partial charge >= 0.3 is 141 Å². The van der Waals surface area contributed by atoms with Crippen molar-refractivity contribution in [1.29, 1.82) is 0 Å². The molecule has 0 N–H and O–H groups in total. The third-order valence-corrected chi connectivity index (χ3v) is 7.77. The van der Waals surface area contributed by atoms with Crippen molar-refractivity contribution in [1.82, 2.24) is 0 Å². The summed E-state index contributed by atoms with van der Waals surface area (Å²) >= 11 is -0.720. The van der Waals surface area contributed by atoms with Crippen LogP contribution in [-0.2, 0) is 23.2 Å². The molecular weight excluding hydrogens is 416 g/mol. The summed E-state index contributed by atoms with van der Waals surface area (Å²) in [5.74, 6) is 0. The van der Waals surface area contributed by atoms with Crippen LogP contribution in [0, 0.1) is 0 Å². The van der Waals surface area contributed by atoms with Crippen LogP contribution in [-0.4, -0.2) is 0 Å². The number of rotatable bonds is 2. The van der Waals surface area contributed by atoms with Crippen LogP contribution in [0.1, 0.15) is 17.5 Å². The number of hydrogen-bond donors (Lipinski definition) is 0. The summed E-state index contributed by atoms with van der Waals surface area (Å²) < 4.78 is 3.22. The van der Waals surface area contributed by atoms with E-state index >= 15 is 0 Å². The van der Waals surface area contributed by atoms with E-state index in [1.54, 1.807) is 6.55 Å². The number of hydrogen-bond acceptors (Lipinski definition) is 1. The molecule has 0 fully saturated rings. The predicted molar refractivity (Wildman–Crippen MR) is 100 cm³/mol. The summed E-state index contributed by atoms with van der Waals surface area (Å²) in [6.07, 6.45) is 10.2. The molecule has 5 rings (SSSR count). The van der Waals surface area contributed by atoms with E-state index in [-0.39, 0.29) is 24.8 Å². The number of benzene rings is 2. The molecule has 0 unspecified atom stereocenters. The Bertz CT molecular complexity index is 1030. The summed E-state index contributed by atoms with van der Waals surface area (Å²) in [4.78, 5) is 4.88. The molecule has 1 heterocycles. The van der Waals surface area contributed by atoms with E-state index in [0.29, 0.717) is 0 Å². The minimum Gasteiger partial charge on any atom is -0.147 e. The molecule has 4 heteroatoms. The van der Waals surface area contributed by atoms with Gasteiger partial charge in [0.25, 0.3) is 0 Å². The molecule has 0 spiro atoms. The fourth-order valence-corrected chi connectivity index (χ4v) is 6.60. The van der Waals surface area contributed by atoms with Gasteiger partial charge in [-0.05, 0) is 0 Å². The standard InChI is InChI=1S/C15H8N.C5H5.2ClH.Zr/c1-2-6-11-10(5-1)9-14-15(11)12-7-3-4-8-13(12)16-14;1-2-4-5-3-1;;;/h1-6,8-9H;1-3H,4H2;2*1H;. The molecule has 0 amide bonds. The fraction of sp³-hybridized carbons (Fsp3) is 0.0500. The van der Waals surface area contributed by atoms with Crippen molar-refractivity contribution in [3.8, 4) is 0 Å². The molecule has 3 aliphatic rings. The molecule has 0 radical (unpaired) electrons. The molecule has 118 valence electrons. The van der Waals surface area contributed by atoms with Gasteiger partial charge < -0.3 is 0 Å². The van der Waals surface area contributed by atoms with E-state index in [1.165, 1.54) is 27.3 Å². The molecule has 0 aromatic heterocycles. The van der Waals surface area contributed by atoms with Crippen LogP contribution in [0.4, 0.5) is 0 Å². The number of fused-ring (bicyclic) bond motifs is 4. The molecule has 0 bridgehead atoms. The Kier molecular flexibility index (Phi) is 5.11. The van der Waals surface area contributed by atoms with Crippen LogP contribution in [0.3, 0.4) is 0 Å². The van der Waals surface area contributed by atoms with Gasteiger partial charge in [-0.15, -0.1) is 24.8 Å². The van der Waals surface area contributed by atoms with E-state index in [9.17, 15) is 0 Å². The molecule has 2 aromatic rings. The summed E-state index contributed by atoms with van der Waals surface area (Å²) in [6.45, 7) is 0. The zero-order valence-electron chi connectivity index (χ0n) is 12.8. The van der Waals surface area contributed by atoms with E-state index in [2.05, 4.69) is 66.8 Å². The van der Waals surface area contributed by atoms with Crippen molar-refractivity contribution in [3.63, 3.8) is 0 Å². The molecule has 1 nitrogen and oxygen atoms in total. The van der Waals surface area contributed by atoms with Crippen molar-refractivity contribution in [2.45, 2.75) is 6.42 Å². The average molecular weight is 431 g/mol. The number of nitrogens with zero attached hydrogens (tertiary/aromatic N) is 1. The first-order valence-electron chi connectivity index (χ1n) is 7.56. The van der Waals surface area contributed by atoms with Gasteiger partial charge in [0, 0.05) is 0 Å². The Balaban J connectivity index is 0.000000845.